The highest BCUT2D eigenvalue weighted by Gasteiger charge is 2.29. The molecule has 0 fully saturated rings. The molecule has 0 atom stereocenters. The zero-order valence-electron chi connectivity index (χ0n) is 13.1. The van der Waals surface area contributed by atoms with Crippen LogP contribution in [0.25, 0.3) is 0 Å². The number of carbonyl (C=O) groups excluding carboxylic acids is 1. The number of rotatable bonds is 6. The molecule has 0 bridgehead atoms. The topological polar surface area (TPSA) is 51.7 Å². The van der Waals surface area contributed by atoms with Crippen LogP contribution in [-0.4, -0.2) is 48.2 Å². The quantitative estimate of drug-likeness (QED) is 0.802. The molecule has 0 unspecified atom stereocenters. The van der Waals surface area contributed by atoms with Crippen LogP contribution in [0.1, 0.15) is 38.2 Å². The van der Waals surface area contributed by atoms with Crippen LogP contribution in [0.5, 0.6) is 5.88 Å². The summed E-state index contributed by atoms with van der Waals surface area (Å²) < 4.78 is 10.7. The molecule has 0 aliphatic rings. The van der Waals surface area contributed by atoms with Crippen LogP contribution in [0.2, 0.25) is 0 Å². The first-order chi connectivity index (χ1) is 9.27. The molecule has 5 nitrogen and oxygen atoms in total. The summed E-state index contributed by atoms with van der Waals surface area (Å²) in [7, 11) is 3.37. The number of nitrogens with zero attached hydrogens (tertiary/aromatic N) is 2. The van der Waals surface area contributed by atoms with Gasteiger partial charge in [0, 0.05) is 20.2 Å². The molecule has 0 aliphatic carbocycles. The zero-order valence-corrected chi connectivity index (χ0v) is 13.1. The average molecular weight is 280 g/mol. The van der Waals surface area contributed by atoms with Gasteiger partial charge in [0.1, 0.15) is 5.69 Å². The summed E-state index contributed by atoms with van der Waals surface area (Å²) in [6.45, 7) is 8.19. The van der Waals surface area contributed by atoms with Crippen molar-refractivity contribution in [2.45, 2.75) is 39.3 Å². The fourth-order valence-corrected chi connectivity index (χ4v) is 1.74. The fraction of sp³-hybridized carbons (Fsp3) is 0.600. The Balaban J connectivity index is 2.91. The van der Waals surface area contributed by atoms with Gasteiger partial charge in [-0.1, -0.05) is 6.07 Å². The van der Waals surface area contributed by atoms with Crippen LogP contribution >= 0.6 is 0 Å². The number of ether oxygens (including phenoxy) is 2. The molecule has 0 aromatic carbocycles. The highest BCUT2D eigenvalue weighted by Crippen LogP contribution is 2.17. The van der Waals surface area contributed by atoms with E-state index < -0.39 is 5.54 Å². The Morgan fingerprint density at radius 1 is 1.40 bits per heavy atom. The molecule has 0 N–H and O–H groups in total. The van der Waals surface area contributed by atoms with Crippen LogP contribution < -0.4 is 4.74 Å². The summed E-state index contributed by atoms with van der Waals surface area (Å²) in [4.78, 5) is 18.3. The van der Waals surface area contributed by atoms with E-state index in [9.17, 15) is 4.79 Å². The number of aromatic nitrogens is 1. The van der Waals surface area contributed by atoms with E-state index in [1.165, 1.54) is 0 Å². The minimum atomic E-state index is -0.400. The summed E-state index contributed by atoms with van der Waals surface area (Å²) in [6.07, 6.45) is 0.0236. The lowest BCUT2D eigenvalue weighted by Gasteiger charge is -2.34. The maximum atomic E-state index is 12.5. The number of likely N-dealkylation sites (N-methyl/N-ethyl adjacent to an activating group) is 1. The largest absolute Gasteiger partial charge is 0.475 e. The normalized spacial score (nSPS) is 11.6. The molecule has 1 amide bonds. The first-order valence-corrected chi connectivity index (χ1v) is 6.68. The molecule has 1 aromatic heterocycles. The van der Waals surface area contributed by atoms with Crippen molar-refractivity contribution in [2.24, 2.45) is 0 Å². The Morgan fingerprint density at radius 3 is 2.60 bits per heavy atom. The van der Waals surface area contributed by atoms with Crippen molar-refractivity contribution in [3.8, 4) is 5.88 Å². The highest BCUT2D eigenvalue weighted by atomic mass is 16.5. The summed E-state index contributed by atoms with van der Waals surface area (Å²) >= 11 is 0. The van der Waals surface area contributed by atoms with E-state index in [2.05, 4.69) is 4.98 Å². The van der Waals surface area contributed by atoms with Gasteiger partial charge in [-0.05, 0) is 33.8 Å². The van der Waals surface area contributed by atoms with Gasteiger partial charge in [0.25, 0.3) is 5.91 Å². The van der Waals surface area contributed by atoms with Crippen molar-refractivity contribution in [2.75, 3.05) is 20.8 Å². The van der Waals surface area contributed by atoms with Gasteiger partial charge in [-0.2, -0.15) is 0 Å². The lowest BCUT2D eigenvalue weighted by molar-refractivity contribution is 0.0360. The standard InChI is InChI=1S/C15H24N2O3/c1-11(2)20-13-9-7-8-12(16-13)14(18)17(5)15(3,4)10-19-6/h7-9,11H,10H2,1-6H3. The van der Waals surface area contributed by atoms with Crippen molar-refractivity contribution in [1.82, 2.24) is 9.88 Å². The molecule has 0 radical (unpaired) electrons. The third-order valence-electron chi connectivity index (χ3n) is 3.01. The average Bonchev–Trinajstić information content (AvgIpc) is 2.36. The Bertz CT molecular complexity index is 458. The number of methoxy groups -OCH3 is 1. The van der Waals surface area contributed by atoms with Crippen LogP contribution in [0.4, 0.5) is 0 Å². The molecule has 5 heteroatoms. The molecule has 1 aromatic rings. The summed E-state index contributed by atoms with van der Waals surface area (Å²) in [6, 6.07) is 5.21. The molecule has 0 saturated heterocycles. The second kappa shape index (κ2) is 6.70. The van der Waals surface area contributed by atoms with Crippen LogP contribution in [-0.2, 0) is 4.74 Å². The minimum Gasteiger partial charge on any atom is -0.475 e. The highest BCUT2D eigenvalue weighted by molar-refractivity contribution is 5.92. The predicted molar refractivity (Wildman–Crippen MR) is 78.0 cm³/mol. The van der Waals surface area contributed by atoms with Crippen molar-refractivity contribution in [1.29, 1.82) is 0 Å². The Morgan fingerprint density at radius 2 is 2.05 bits per heavy atom. The van der Waals surface area contributed by atoms with E-state index in [0.717, 1.165) is 0 Å². The summed E-state index contributed by atoms with van der Waals surface area (Å²) in [5.74, 6) is 0.310. The summed E-state index contributed by atoms with van der Waals surface area (Å²) in [5, 5.41) is 0. The predicted octanol–water partition coefficient (Wildman–Crippen LogP) is 2.37. The third-order valence-corrected chi connectivity index (χ3v) is 3.01. The second-order valence-electron chi connectivity index (χ2n) is 5.64. The van der Waals surface area contributed by atoms with Gasteiger partial charge < -0.3 is 14.4 Å². The maximum absolute atomic E-state index is 12.5. The molecule has 112 valence electrons. The number of amides is 1. The van der Waals surface area contributed by atoms with Gasteiger partial charge >= 0.3 is 0 Å². The summed E-state index contributed by atoms with van der Waals surface area (Å²) in [5.41, 5.74) is -0.0302. The number of hydrogen-bond acceptors (Lipinski definition) is 4. The van der Waals surface area contributed by atoms with Crippen molar-refractivity contribution < 1.29 is 14.3 Å². The molecule has 0 aliphatic heterocycles. The van der Waals surface area contributed by atoms with E-state index in [4.69, 9.17) is 9.47 Å². The van der Waals surface area contributed by atoms with Gasteiger partial charge in [-0.3, -0.25) is 4.79 Å². The van der Waals surface area contributed by atoms with E-state index in [0.29, 0.717) is 18.2 Å². The van der Waals surface area contributed by atoms with Gasteiger partial charge in [0.15, 0.2) is 0 Å². The van der Waals surface area contributed by atoms with E-state index >= 15 is 0 Å². The molecule has 1 rings (SSSR count). The molecule has 20 heavy (non-hydrogen) atoms. The molecule has 0 spiro atoms. The number of pyridine rings is 1. The van der Waals surface area contributed by atoms with Gasteiger partial charge in [0.05, 0.1) is 18.2 Å². The van der Waals surface area contributed by atoms with Crippen molar-refractivity contribution in [3.05, 3.63) is 23.9 Å². The van der Waals surface area contributed by atoms with Gasteiger partial charge in [0.2, 0.25) is 5.88 Å². The van der Waals surface area contributed by atoms with Crippen LogP contribution in [0.15, 0.2) is 18.2 Å². The van der Waals surface area contributed by atoms with Crippen molar-refractivity contribution in [3.63, 3.8) is 0 Å². The Hall–Kier alpha value is -1.62. The van der Waals surface area contributed by atoms with E-state index in [-0.39, 0.29) is 12.0 Å². The smallest absolute Gasteiger partial charge is 0.272 e. The Kier molecular flexibility index (Phi) is 5.51. The van der Waals surface area contributed by atoms with Gasteiger partial charge in [-0.25, -0.2) is 4.98 Å². The fourth-order valence-electron chi connectivity index (χ4n) is 1.74. The molecule has 1 heterocycles. The van der Waals surface area contributed by atoms with Crippen molar-refractivity contribution >= 4 is 5.91 Å². The van der Waals surface area contributed by atoms with Crippen LogP contribution in [0.3, 0.4) is 0 Å². The molecule has 0 saturated carbocycles. The van der Waals surface area contributed by atoms with E-state index in [1.807, 2.05) is 27.7 Å². The second-order valence-corrected chi connectivity index (χ2v) is 5.64. The zero-order chi connectivity index (χ0) is 15.3. The minimum absolute atomic E-state index is 0.0236. The maximum Gasteiger partial charge on any atom is 0.272 e. The third kappa shape index (κ3) is 4.20. The monoisotopic (exact) mass is 280 g/mol. The SMILES string of the molecule is COCC(C)(C)N(C)C(=O)c1cccc(OC(C)C)n1. The molecular formula is C15H24N2O3. The lowest BCUT2D eigenvalue weighted by Crippen LogP contribution is -2.48. The van der Waals surface area contributed by atoms with E-state index in [1.54, 1.807) is 37.3 Å². The van der Waals surface area contributed by atoms with Gasteiger partial charge in [-0.15, -0.1) is 0 Å². The number of hydrogen-bond donors (Lipinski definition) is 0. The van der Waals surface area contributed by atoms with Crippen LogP contribution in [0, 0.1) is 0 Å². The first kappa shape index (κ1) is 16.4. The molecular weight excluding hydrogens is 256 g/mol. The number of carbonyl (C=O) groups is 1. The first-order valence-electron chi connectivity index (χ1n) is 6.68. The lowest BCUT2D eigenvalue weighted by atomic mass is 10.0. The Labute approximate surface area is 120 Å².